The Kier molecular flexibility index (Phi) is 3.29. The van der Waals surface area contributed by atoms with Crippen molar-refractivity contribution >= 4 is 5.97 Å². The van der Waals surface area contributed by atoms with Crippen LogP contribution in [-0.2, 0) is 9.53 Å². The molecule has 1 atom stereocenters. The summed E-state index contributed by atoms with van der Waals surface area (Å²) in [6.07, 6.45) is 7.07. The van der Waals surface area contributed by atoms with E-state index in [4.69, 9.17) is 4.74 Å². The Morgan fingerprint density at radius 3 is 2.73 bits per heavy atom. The van der Waals surface area contributed by atoms with Gasteiger partial charge in [0.1, 0.15) is 5.54 Å². The Morgan fingerprint density at radius 1 is 1.40 bits per heavy atom. The molecule has 1 aliphatic carbocycles. The molecule has 0 spiro atoms. The molecule has 1 N–H and O–H groups in total. The lowest BCUT2D eigenvalue weighted by Crippen LogP contribution is -2.46. The maximum atomic E-state index is 11.8. The lowest BCUT2D eigenvalue weighted by atomic mass is 10.0. The molecule has 86 valence electrons. The first kappa shape index (κ1) is 10.9. The van der Waals surface area contributed by atoms with Gasteiger partial charge < -0.3 is 10.1 Å². The van der Waals surface area contributed by atoms with Crippen LogP contribution >= 0.6 is 0 Å². The van der Waals surface area contributed by atoms with Gasteiger partial charge in [0.15, 0.2) is 0 Å². The molecule has 1 aliphatic heterocycles. The first-order valence-electron chi connectivity index (χ1n) is 6.13. The van der Waals surface area contributed by atoms with Gasteiger partial charge in [-0.1, -0.05) is 12.8 Å². The second-order valence-corrected chi connectivity index (χ2v) is 5.11. The fraction of sp³-hybridized carbons (Fsp3) is 0.917. The smallest absolute Gasteiger partial charge is 0.326 e. The van der Waals surface area contributed by atoms with Gasteiger partial charge >= 0.3 is 5.97 Å². The molecule has 0 aromatic rings. The van der Waals surface area contributed by atoms with Crippen LogP contribution in [-0.4, -0.2) is 24.7 Å². The lowest BCUT2D eigenvalue weighted by Gasteiger charge is -2.22. The average Bonchev–Trinajstić information content (AvgIpc) is 2.85. The summed E-state index contributed by atoms with van der Waals surface area (Å²) in [6, 6.07) is 0. The van der Waals surface area contributed by atoms with Gasteiger partial charge in [0.25, 0.3) is 0 Å². The van der Waals surface area contributed by atoms with Crippen LogP contribution in [0.25, 0.3) is 0 Å². The van der Waals surface area contributed by atoms with Crippen LogP contribution in [0.1, 0.15) is 45.4 Å². The van der Waals surface area contributed by atoms with Gasteiger partial charge in [0, 0.05) is 0 Å². The SMILES string of the molecule is CC1(C(=O)OCC2CCCC2)CCCN1. The van der Waals surface area contributed by atoms with Crippen LogP contribution in [0.4, 0.5) is 0 Å². The Bertz CT molecular complexity index is 228. The van der Waals surface area contributed by atoms with E-state index in [1.54, 1.807) is 0 Å². The number of nitrogens with one attached hydrogen (secondary N) is 1. The Morgan fingerprint density at radius 2 is 2.13 bits per heavy atom. The van der Waals surface area contributed by atoms with Crippen LogP contribution in [0, 0.1) is 5.92 Å². The summed E-state index contributed by atoms with van der Waals surface area (Å²) >= 11 is 0. The minimum atomic E-state index is -0.404. The highest BCUT2D eigenvalue weighted by Crippen LogP contribution is 2.26. The zero-order valence-electron chi connectivity index (χ0n) is 9.55. The first-order chi connectivity index (χ1) is 7.21. The second kappa shape index (κ2) is 4.52. The molecule has 3 heteroatoms. The van der Waals surface area contributed by atoms with E-state index in [1.807, 2.05) is 6.92 Å². The van der Waals surface area contributed by atoms with Crippen molar-refractivity contribution in [3.63, 3.8) is 0 Å². The number of esters is 1. The summed E-state index contributed by atoms with van der Waals surface area (Å²) < 4.78 is 5.41. The van der Waals surface area contributed by atoms with Crippen molar-refractivity contribution in [2.75, 3.05) is 13.2 Å². The summed E-state index contributed by atoms with van der Waals surface area (Å²) in [6.45, 7) is 3.53. The molecule has 3 nitrogen and oxygen atoms in total. The largest absolute Gasteiger partial charge is 0.464 e. The quantitative estimate of drug-likeness (QED) is 0.724. The summed E-state index contributed by atoms with van der Waals surface area (Å²) in [5.41, 5.74) is -0.404. The van der Waals surface area contributed by atoms with E-state index in [2.05, 4.69) is 5.32 Å². The second-order valence-electron chi connectivity index (χ2n) is 5.11. The van der Waals surface area contributed by atoms with E-state index in [1.165, 1.54) is 25.7 Å². The van der Waals surface area contributed by atoms with E-state index in [-0.39, 0.29) is 5.97 Å². The third-order valence-corrected chi connectivity index (χ3v) is 3.74. The van der Waals surface area contributed by atoms with Crippen molar-refractivity contribution in [2.45, 2.75) is 51.0 Å². The summed E-state index contributed by atoms with van der Waals surface area (Å²) in [7, 11) is 0. The lowest BCUT2D eigenvalue weighted by molar-refractivity contribution is -0.151. The van der Waals surface area contributed by atoms with Crippen LogP contribution in [0.3, 0.4) is 0 Å². The van der Waals surface area contributed by atoms with E-state index < -0.39 is 5.54 Å². The third kappa shape index (κ3) is 2.51. The highest BCUT2D eigenvalue weighted by atomic mass is 16.5. The van der Waals surface area contributed by atoms with Gasteiger partial charge in [-0.05, 0) is 45.1 Å². The molecule has 1 saturated heterocycles. The molecule has 1 saturated carbocycles. The van der Waals surface area contributed by atoms with Crippen molar-refractivity contribution in [2.24, 2.45) is 5.92 Å². The number of hydrogen-bond donors (Lipinski definition) is 1. The number of carbonyl (C=O) groups is 1. The average molecular weight is 211 g/mol. The van der Waals surface area contributed by atoms with Crippen molar-refractivity contribution in [1.82, 2.24) is 5.32 Å². The highest BCUT2D eigenvalue weighted by Gasteiger charge is 2.37. The highest BCUT2D eigenvalue weighted by molar-refractivity contribution is 5.80. The minimum absolute atomic E-state index is 0.0492. The molecule has 0 amide bonds. The molecule has 2 aliphatic rings. The van der Waals surface area contributed by atoms with Crippen molar-refractivity contribution < 1.29 is 9.53 Å². The molecule has 2 fully saturated rings. The van der Waals surface area contributed by atoms with Crippen molar-refractivity contribution in [3.8, 4) is 0 Å². The molecule has 2 rings (SSSR count). The van der Waals surface area contributed by atoms with Crippen LogP contribution < -0.4 is 5.32 Å². The molecule has 0 radical (unpaired) electrons. The fourth-order valence-electron chi connectivity index (χ4n) is 2.60. The van der Waals surface area contributed by atoms with E-state index in [9.17, 15) is 4.79 Å². The van der Waals surface area contributed by atoms with Gasteiger partial charge in [-0.3, -0.25) is 4.79 Å². The van der Waals surface area contributed by atoms with Crippen molar-refractivity contribution in [1.29, 1.82) is 0 Å². The molecule has 15 heavy (non-hydrogen) atoms. The van der Waals surface area contributed by atoms with Gasteiger partial charge in [-0.15, -0.1) is 0 Å². The maximum absolute atomic E-state index is 11.8. The molecular formula is C12H21NO2. The van der Waals surface area contributed by atoms with Gasteiger partial charge in [-0.25, -0.2) is 0 Å². The Balaban J connectivity index is 1.76. The topological polar surface area (TPSA) is 38.3 Å². The van der Waals surface area contributed by atoms with Crippen LogP contribution in [0.15, 0.2) is 0 Å². The monoisotopic (exact) mass is 211 g/mol. The number of ether oxygens (including phenoxy) is 1. The number of carbonyl (C=O) groups excluding carboxylic acids is 1. The number of rotatable bonds is 3. The third-order valence-electron chi connectivity index (χ3n) is 3.74. The van der Waals surface area contributed by atoms with E-state index in [0.29, 0.717) is 12.5 Å². The zero-order chi connectivity index (χ0) is 10.7. The summed E-state index contributed by atoms with van der Waals surface area (Å²) in [5.74, 6) is 0.575. The standard InChI is InChI=1S/C12H21NO2/c1-12(7-4-8-13-12)11(14)15-9-10-5-2-3-6-10/h10,13H,2-9H2,1H3. The molecule has 0 aromatic carbocycles. The van der Waals surface area contributed by atoms with Gasteiger partial charge in [0.2, 0.25) is 0 Å². The predicted octanol–water partition coefficient (Wildman–Crippen LogP) is 1.86. The fourth-order valence-corrected chi connectivity index (χ4v) is 2.60. The van der Waals surface area contributed by atoms with Crippen LogP contribution in [0.2, 0.25) is 0 Å². The normalized spacial score (nSPS) is 32.1. The molecule has 0 aromatic heterocycles. The molecule has 1 heterocycles. The molecule has 1 unspecified atom stereocenters. The zero-order valence-corrected chi connectivity index (χ0v) is 9.55. The summed E-state index contributed by atoms with van der Waals surface area (Å²) in [5, 5.41) is 3.23. The Labute approximate surface area is 91.6 Å². The van der Waals surface area contributed by atoms with Crippen LogP contribution in [0.5, 0.6) is 0 Å². The van der Waals surface area contributed by atoms with E-state index in [0.717, 1.165) is 19.4 Å². The van der Waals surface area contributed by atoms with Gasteiger partial charge in [-0.2, -0.15) is 0 Å². The Hall–Kier alpha value is -0.570. The van der Waals surface area contributed by atoms with Gasteiger partial charge in [0.05, 0.1) is 6.61 Å². The predicted molar refractivity (Wildman–Crippen MR) is 58.6 cm³/mol. The maximum Gasteiger partial charge on any atom is 0.326 e. The number of hydrogen-bond acceptors (Lipinski definition) is 3. The summed E-state index contributed by atoms with van der Waals surface area (Å²) in [4.78, 5) is 11.8. The molecular weight excluding hydrogens is 190 g/mol. The van der Waals surface area contributed by atoms with E-state index >= 15 is 0 Å². The minimum Gasteiger partial charge on any atom is -0.464 e. The molecule has 0 bridgehead atoms. The first-order valence-corrected chi connectivity index (χ1v) is 6.13. The van der Waals surface area contributed by atoms with Crippen molar-refractivity contribution in [3.05, 3.63) is 0 Å².